The molecule has 21 heavy (non-hydrogen) atoms. The van der Waals surface area contributed by atoms with Crippen molar-refractivity contribution in [3.8, 4) is 5.75 Å². The number of hydrogen-bond acceptors (Lipinski definition) is 4. The van der Waals surface area contributed by atoms with Gasteiger partial charge in [-0.1, -0.05) is 19.1 Å². The number of nitrogens with one attached hydrogen (secondary N) is 1. The third-order valence-electron chi connectivity index (χ3n) is 3.87. The summed E-state index contributed by atoms with van der Waals surface area (Å²) >= 11 is 3.90. The van der Waals surface area contributed by atoms with Gasteiger partial charge in [0.05, 0.1) is 11.3 Å². The summed E-state index contributed by atoms with van der Waals surface area (Å²) in [4.78, 5) is 0. The second-order valence-electron chi connectivity index (χ2n) is 5.43. The second-order valence-corrected chi connectivity index (χ2v) is 8.06. The second kappa shape index (κ2) is 6.86. The number of methoxy groups -OCH3 is 1. The van der Waals surface area contributed by atoms with E-state index < -0.39 is 0 Å². The van der Waals surface area contributed by atoms with Gasteiger partial charge in [-0.05, 0) is 54.1 Å². The fourth-order valence-corrected chi connectivity index (χ4v) is 5.29. The summed E-state index contributed by atoms with van der Waals surface area (Å²) in [5, 5.41) is 6.65. The molecule has 0 saturated heterocycles. The van der Waals surface area contributed by atoms with Gasteiger partial charge in [0.25, 0.3) is 0 Å². The standard InChI is InChI=1S/C17H21NOS2/c1-12-11-16(15-8-10-20-17(15)21-12)18-9-7-13-3-5-14(19-2)6-4-13/h3-6,8,10,12,16,18H,7,9,11H2,1-2H3/t12-,16?/m0/s1. The molecule has 0 radical (unpaired) electrons. The zero-order chi connectivity index (χ0) is 14.7. The Morgan fingerprint density at radius 2 is 2.05 bits per heavy atom. The average molecular weight is 319 g/mol. The molecule has 0 aliphatic carbocycles. The van der Waals surface area contributed by atoms with Crippen molar-refractivity contribution in [1.82, 2.24) is 5.32 Å². The van der Waals surface area contributed by atoms with Crippen molar-refractivity contribution in [2.45, 2.75) is 35.3 Å². The Bertz CT molecular complexity index is 579. The third kappa shape index (κ3) is 3.62. The summed E-state index contributed by atoms with van der Waals surface area (Å²) in [5.74, 6) is 0.924. The molecule has 3 rings (SSSR count). The smallest absolute Gasteiger partial charge is 0.118 e. The van der Waals surface area contributed by atoms with Crippen LogP contribution in [0, 0.1) is 0 Å². The molecule has 2 nitrogen and oxygen atoms in total. The van der Waals surface area contributed by atoms with E-state index in [9.17, 15) is 0 Å². The minimum Gasteiger partial charge on any atom is -0.497 e. The van der Waals surface area contributed by atoms with E-state index in [4.69, 9.17) is 4.74 Å². The summed E-state index contributed by atoms with van der Waals surface area (Å²) in [5.41, 5.74) is 2.85. The molecule has 1 aliphatic heterocycles. The highest BCUT2D eigenvalue weighted by Crippen LogP contribution is 2.43. The maximum Gasteiger partial charge on any atom is 0.118 e. The van der Waals surface area contributed by atoms with Gasteiger partial charge in [-0.25, -0.2) is 0 Å². The number of ether oxygens (including phenoxy) is 1. The Kier molecular flexibility index (Phi) is 4.88. The number of thioether (sulfide) groups is 1. The van der Waals surface area contributed by atoms with Crippen LogP contribution in [-0.2, 0) is 6.42 Å². The molecule has 1 aromatic heterocycles. The first kappa shape index (κ1) is 14.9. The maximum absolute atomic E-state index is 5.19. The highest BCUT2D eigenvalue weighted by Gasteiger charge is 2.25. The van der Waals surface area contributed by atoms with Gasteiger partial charge >= 0.3 is 0 Å². The number of benzene rings is 1. The number of rotatable bonds is 5. The van der Waals surface area contributed by atoms with E-state index in [1.165, 1.54) is 21.8 Å². The van der Waals surface area contributed by atoms with Gasteiger partial charge in [0.1, 0.15) is 5.75 Å². The molecule has 4 heteroatoms. The van der Waals surface area contributed by atoms with E-state index in [0.717, 1.165) is 18.7 Å². The SMILES string of the molecule is COc1ccc(CCNC2C[C@H](C)Sc3sccc32)cc1. The average Bonchev–Trinajstić information content (AvgIpc) is 2.96. The van der Waals surface area contributed by atoms with Crippen molar-refractivity contribution in [3.63, 3.8) is 0 Å². The molecule has 2 aromatic rings. The van der Waals surface area contributed by atoms with Gasteiger partial charge < -0.3 is 10.1 Å². The van der Waals surface area contributed by atoms with Crippen LogP contribution in [0.1, 0.15) is 30.5 Å². The van der Waals surface area contributed by atoms with Crippen LogP contribution in [0.4, 0.5) is 0 Å². The van der Waals surface area contributed by atoms with Gasteiger partial charge in [-0.3, -0.25) is 0 Å². The van der Waals surface area contributed by atoms with Crippen LogP contribution in [0.15, 0.2) is 39.9 Å². The molecule has 0 saturated carbocycles. The predicted octanol–water partition coefficient (Wildman–Crippen LogP) is 4.51. The first-order chi connectivity index (χ1) is 10.3. The summed E-state index contributed by atoms with van der Waals surface area (Å²) in [7, 11) is 1.71. The Balaban J connectivity index is 1.56. The molecule has 1 N–H and O–H groups in total. The van der Waals surface area contributed by atoms with Crippen LogP contribution in [0.5, 0.6) is 5.75 Å². The normalized spacial score (nSPS) is 21.0. The number of thiophene rings is 1. The predicted molar refractivity (Wildman–Crippen MR) is 91.7 cm³/mol. The molecule has 1 aliphatic rings. The Hall–Kier alpha value is -0.970. The first-order valence-electron chi connectivity index (χ1n) is 7.36. The lowest BCUT2D eigenvalue weighted by atomic mass is 10.0. The number of hydrogen-bond donors (Lipinski definition) is 1. The minimum atomic E-state index is 0.515. The highest BCUT2D eigenvalue weighted by atomic mass is 32.2. The summed E-state index contributed by atoms with van der Waals surface area (Å²) in [6.07, 6.45) is 2.28. The quantitative estimate of drug-likeness (QED) is 0.876. The number of fused-ring (bicyclic) bond motifs is 1. The lowest BCUT2D eigenvalue weighted by Gasteiger charge is -2.27. The minimum absolute atomic E-state index is 0.515. The maximum atomic E-state index is 5.19. The van der Waals surface area contributed by atoms with Gasteiger partial charge in [-0.15, -0.1) is 23.1 Å². The van der Waals surface area contributed by atoms with Gasteiger partial charge in [-0.2, -0.15) is 0 Å². The van der Waals surface area contributed by atoms with Crippen LogP contribution in [0.3, 0.4) is 0 Å². The Morgan fingerprint density at radius 1 is 1.24 bits per heavy atom. The highest BCUT2D eigenvalue weighted by molar-refractivity contribution is 8.01. The molecule has 0 fully saturated rings. The largest absolute Gasteiger partial charge is 0.497 e. The fraction of sp³-hybridized carbons (Fsp3) is 0.412. The molecular weight excluding hydrogens is 298 g/mol. The first-order valence-corrected chi connectivity index (χ1v) is 9.12. The molecule has 0 spiro atoms. The summed E-state index contributed by atoms with van der Waals surface area (Å²) in [6, 6.07) is 11.2. The molecule has 0 amide bonds. The van der Waals surface area contributed by atoms with Crippen LogP contribution < -0.4 is 10.1 Å². The third-order valence-corrected chi connectivity index (χ3v) is 6.22. The van der Waals surface area contributed by atoms with E-state index in [0.29, 0.717) is 11.3 Å². The monoisotopic (exact) mass is 319 g/mol. The fourth-order valence-electron chi connectivity index (χ4n) is 2.73. The molecule has 112 valence electrons. The van der Waals surface area contributed by atoms with E-state index in [-0.39, 0.29) is 0 Å². The Morgan fingerprint density at radius 3 is 2.81 bits per heavy atom. The summed E-state index contributed by atoms with van der Waals surface area (Å²) in [6.45, 7) is 3.34. The zero-order valence-corrected chi connectivity index (χ0v) is 14.1. The van der Waals surface area contributed by atoms with Crippen LogP contribution in [0.2, 0.25) is 0 Å². The van der Waals surface area contributed by atoms with Gasteiger partial charge in [0.2, 0.25) is 0 Å². The lowest BCUT2D eigenvalue weighted by molar-refractivity contribution is 0.414. The van der Waals surface area contributed by atoms with Crippen LogP contribution >= 0.6 is 23.1 Å². The van der Waals surface area contributed by atoms with Crippen molar-refractivity contribution >= 4 is 23.1 Å². The van der Waals surface area contributed by atoms with Crippen molar-refractivity contribution in [3.05, 3.63) is 46.8 Å². The molecular formula is C17H21NOS2. The topological polar surface area (TPSA) is 21.3 Å². The zero-order valence-electron chi connectivity index (χ0n) is 12.5. The van der Waals surface area contributed by atoms with Crippen molar-refractivity contribution in [2.75, 3.05) is 13.7 Å². The molecule has 0 bridgehead atoms. The van der Waals surface area contributed by atoms with Crippen LogP contribution in [0.25, 0.3) is 0 Å². The van der Waals surface area contributed by atoms with E-state index in [2.05, 4.69) is 35.8 Å². The molecule has 2 atom stereocenters. The van der Waals surface area contributed by atoms with Crippen molar-refractivity contribution in [1.29, 1.82) is 0 Å². The van der Waals surface area contributed by atoms with Gasteiger partial charge in [0.15, 0.2) is 0 Å². The van der Waals surface area contributed by atoms with Crippen molar-refractivity contribution in [2.24, 2.45) is 0 Å². The molecule has 2 heterocycles. The van der Waals surface area contributed by atoms with Crippen molar-refractivity contribution < 1.29 is 4.74 Å². The van der Waals surface area contributed by atoms with Crippen LogP contribution in [-0.4, -0.2) is 18.9 Å². The molecule has 1 unspecified atom stereocenters. The lowest BCUT2D eigenvalue weighted by Crippen LogP contribution is -2.28. The molecule has 1 aromatic carbocycles. The summed E-state index contributed by atoms with van der Waals surface area (Å²) < 4.78 is 6.69. The van der Waals surface area contributed by atoms with E-state index >= 15 is 0 Å². The van der Waals surface area contributed by atoms with E-state index in [1.807, 2.05) is 35.2 Å². The Labute approximate surface area is 134 Å². The van der Waals surface area contributed by atoms with E-state index in [1.54, 1.807) is 7.11 Å². The van der Waals surface area contributed by atoms with Gasteiger partial charge in [0, 0.05) is 11.3 Å².